The van der Waals surface area contributed by atoms with Crippen LogP contribution in [0.5, 0.6) is 0 Å². The lowest BCUT2D eigenvalue weighted by atomic mass is 9.81. The number of likely N-dealkylation sites (N-methyl/N-ethyl adjacent to an activating group) is 1. The Kier molecular flexibility index (Phi) is 7.43. The molecule has 37 heavy (non-hydrogen) atoms. The van der Waals surface area contributed by atoms with Crippen LogP contribution in [-0.2, 0) is 20.9 Å². The average molecular weight is 536 g/mol. The summed E-state index contributed by atoms with van der Waals surface area (Å²) in [6.07, 6.45) is 11.2. The van der Waals surface area contributed by atoms with Crippen molar-refractivity contribution < 1.29 is 17.5 Å². The molecule has 0 saturated heterocycles. The van der Waals surface area contributed by atoms with E-state index in [0.29, 0.717) is 0 Å². The summed E-state index contributed by atoms with van der Waals surface area (Å²) in [6, 6.07) is 13.4. The highest BCUT2D eigenvalue weighted by atomic mass is 32.2. The molecule has 2 aromatic carbocycles. The Labute approximate surface area is 226 Å². The number of anilines is 1. The van der Waals surface area contributed by atoms with Gasteiger partial charge in [-0.25, -0.2) is 0 Å². The van der Waals surface area contributed by atoms with E-state index >= 15 is 0 Å². The summed E-state index contributed by atoms with van der Waals surface area (Å²) in [5.41, 5.74) is 6.19. The van der Waals surface area contributed by atoms with Crippen LogP contribution >= 0.6 is 12.2 Å². The fourth-order valence-electron chi connectivity index (χ4n) is 5.58. The number of para-hydroxylation sites is 1. The molecule has 0 saturated carbocycles. The van der Waals surface area contributed by atoms with Gasteiger partial charge in [-0.3, -0.25) is 4.55 Å². The summed E-state index contributed by atoms with van der Waals surface area (Å²) < 4.78 is 35.4. The van der Waals surface area contributed by atoms with Gasteiger partial charge < -0.3 is 4.90 Å². The third-order valence-electron chi connectivity index (χ3n) is 7.48. The molecule has 4 rings (SSSR count). The minimum Gasteiger partial charge on any atom is -0.344 e. The fraction of sp³-hybridized carbons (Fsp3) is 0.333. The summed E-state index contributed by atoms with van der Waals surface area (Å²) in [7, 11) is -4.26. The second kappa shape index (κ2) is 10.1. The van der Waals surface area contributed by atoms with Gasteiger partial charge in [-0.1, -0.05) is 62.5 Å². The topological polar surface area (TPSA) is 60.6 Å². The van der Waals surface area contributed by atoms with E-state index in [1.807, 2.05) is 12.2 Å². The Bertz CT molecular complexity index is 1460. The lowest BCUT2D eigenvalue weighted by Crippen LogP contribution is -2.27. The maximum absolute atomic E-state index is 11.7. The van der Waals surface area contributed by atoms with Crippen LogP contribution in [-0.4, -0.2) is 41.7 Å². The fourth-order valence-corrected chi connectivity index (χ4v) is 6.19. The summed E-state index contributed by atoms with van der Waals surface area (Å²) >= 11 is 5.10. The van der Waals surface area contributed by atoms with Crippen molar-refractivity contribution in [1.29, 1.82) is 0 Å². The summed E-state index contributed by atoms with van der Waals surface area (Å²) in [5, 5.41) is 1.79. The highest BCUT2D eigenvalue weighted by Crippen LogP contribution is 2.48. The van der Waals surface area contributed by atoms with Crippen LogP contribution in [0.3, 0.4) is 0 Å². The van der Waals surface area contributed by atoms with Gasteiger partial charge in [0.15, 0.2) is 12.3 Å². The first-order chi connectivity index (χ1) is 17.4. The Morgan fingerprint density at radius 1 is 1.00 bits per heavy atom. The second-order valence-corrected chi connectivity index (χ2v) is 12.2. The van der Waals surface area contributed by atoms with Crippen LogP contribution in [0.15, 0.2) is 83.4 Å². The van der Waals surface area contributed by atoms with Crippen molar-refractivity contribution in [2.45, 2.75) is 56.8 Å². The van der Waals surface area contributed by atoms with E-state index in [2.05, 4.69) is 86.6 Å². The highest BCUT2D eigenvalue weighted by Gasteiger charge is 2.43. The van der Waals surface area contributed by atoms with Gasteiger partial charge in [0.25, 0.3) is 10.1 Å². The molecule has 1 N–H and O–H groups in total. The molecule has 0 bridgehead atoms. The van der Waals surface area contributed by atoms with Crippen molar-refractivity contribution >= 4 is 44.8 Å². The van der Waals surface area contributed by atoms with Crippen molar-refractivity contribution in [3.8, 4) is 0 Å². The molecule has 194 valence electrons. The summed E-state index contributed by atoms with van der Waals surface area (Å²) in [4.78, 5) is 2.11. The van der Waals surface area contributed by atoms with Crippen LogP contribution in [0.2, 0.25) is 0 Å². The molecule has 0 amide bonds. The minimum absolute atomic E-state index is 0.0782. The van der Waals surface area contributed by atoms with Crippen LogP contribution in [0.25, 0.3) is 0 Å². The highest BCUT2D eigenvalue weighted by molar-refractivity contribution is 7.85. The van der Waals surface area contributed by atoms with Crippen LogP contribution in [0, 0.1) is 0 Å². The molecule has 2 aliphatic heterocycles. The van der Waals surface area contributed by atoms with E-state index in [4.69, 9.17) is 12.2 Å². The van der Waals surface area contributed by atoms with Crippen LogP contribution in [0.1, 0.15) is 52.2 Å². The summed E-state index contributed by atoms with van der Waals surface area (Å²) in [6.45, 7) is 12.3. The lowest BCUT2D eigenvalue weighted by Gasteiger charge is -2.25. The van der Waals surface area contributed by atoms with E-state index in [1.165, 1.54) is 23.0 Å². The number of nitrogens with zero attached hydrogens (tertiary/aromatic N) is 2. The number of allylic oxidation sites excluding steroid dienone is 6. The predicted octanol–water partition coefficient (Wildman–Crippen LogP) is 6.51. The van der Waals surface area contributed by atoms with Gasteiger partial charge >= 0.3 is 0 Å². The number of fused-ring (bicyclic) bond motifs is 2. The normalized spacial score (nSPS) is 19.3. The maximum Gasteiger partial charge on any atom is 0.294 e. The van der Waals surface area contributed by atoms with Crippen LogP contribution in [0.4, 0.5) is 11.4 Å². The molecule has 0 spiro atoms. The minimum atomic E-state index is -4.26. The molecule has 7 heteroatoms. The zero-order valence-electron chi connectivity index (χ0n) is 22.1. The van der Waals surface area contributed by atoms with Crippen molar-refractivity contribution in [1.82, 2.24) is 0 Å². The summed E-state index contributed by atoms with van der Waals surface area (Å²) in [5.74, 6) is 0. The Hall–Kier alpha value is -2.87. The van der Waals surface area contributed by atoms with E-state index < -0.39 is 15.5 Å². The lowest BCUT2D eigenvalue weighted by molar-refractivity contribution is -0.435. The van der Waals surface area contributed by atoms with Gasteiger partial charge in [-0.2, -0.15) is 13.0 Å². The van der Waals surface area contributed by atoms with E-state index in [-0.39, 0.29) is 10.3 Å². The SMILES string of the molecule is CCN1C(=CC=CC=CC2=[N+](CCC=S)c3ccccc3C2(C)C)C(C)(C)c2cc(S(=O)(=O)O)ccc21. The van der Waals surface area contributed by atoms with Gasteiger partial charge in [0, 0.05) is 47.5 Å². The van der Waals surface area contributed by atoms with Crippen LogP contribution < -0.4 is 4.90 Å². The monoisotopic (exact) mass is 535 g/mol. The Morgan fingerprint density at radius 2 is 1.73 bits per heavy atom. The van der Waals surface area contributed by atoms with E-state index in [0.717, 1.165) is 36.5 Å². The molecule has 0 radical (unpaired) electrons. The molecule has 0 atom stereocenters. The van der Waals surface area contributed by atoms with Gasteiger partial charge in [-0.05, 0) is 56.0 Å². The molecule has 0 unspecified atom stereocenters. The molecule has 0 aliphatic carbocycles. The second-order valence-electron chi connectivity index (χ2n) is 10.5. The van der Waals surface area contributed by atoms with Crippen molar-refractivity contribution in [3.05, 3.63) is 89.7 Å². The molecule has 2 aliphatic rings. The van der Waals surface area contributed by atoms with E-state index in [1.54, 1.807) is 17.5 Å². The van der Waals surface area contributed by atoms with Crippen molar-refractivity contribution in [2.75, 3.05) is 18.0 Å². The maximum atomic E-state index is 11.7. The predicted molar refractivity (Wildman–Crippen MR) is 156 cm³/mol. The number of hydrogen-bond acceptors (Lipinski definition) is 4. The van der Waals surface area contributed by atoms with Crippen molar-refractivity contribution in [3.63, 3.8) is 0 Å². The third kappa shape index (κ3) is 4.88. The Morgan fingerprint density at radius 3 is 2.41 bits per heavy atom. The zero-order chi connectivity index (χ0) is 27.0. The quantitative estimate of drug-likeness (QED) is 0.181. The number of hydrogen-bond donors (Lipinski definition) is 1. The van der Waals surface area contributed by atoms with Crippen molar-refractivity contribution in [2.24, 2.45) is 0 Å². The van der Waals surface area contributed by atoms with Gasteiger partial charge in [0.1, 0.15) is 0 Å². The first-order valence-corrected chi connectivity index (χ1v) is 14.5. The molecule has 5 nitrogen and oxygen atoms in total. The average Bonchev–Trinajstić information content (AvgIpc) is 3.20. The van der Waals surface area contributed by atoms with Gasteiger partial charge in [-0.15, -0.1) is 0 Å². The molecule has 2 aromatic rings. The zero-order valence-corrected chi connectivity index (χ0v) is 23.7. The Balaban J connectivity index is 1.64. The largest absolute Gasteiger partial charge is 0.344 e. The number of benzene rings is 2. The molecule has 0 aromatic heterocycles. The number of rotatable bonds is 8. The first kappa shape index (κ1) is 27.2. The standard InChI is InChI=1S/C30H34N2O3S2/c1-6-31-26-18-17-22(37(33,34)35)21-24(26)30(4,5)27(31)15-8-7-9-16-28-29(2,3)23-13-10-11-14-25(23)32(28)19-12-20-36/h7-11,13-18,20-21H,6,12,19H2,1-5H3/p+1. The van der Waals surface area contributed by atoms with Gasteiger partial charge in [0.2, 0.25) is 5.69 Å². The number of thiocarbonyl (C=S) groups is 1. The first-order valence-electron chi connectivity index (χ1n) is 12.6. The molecular formula is C30H35N2O3S2+. The molecule has 0 fully saturated rings. The van der Waals surface area contributed by atoms with E-state index in [9.17, 15) is 13.0 Å². The molecule has 2 heterocycles. The smallest absolute Gasteiger partial charge is 0.294 e. The molecular weight excluding hydrogens is 500 g/mol. The third-order valence-corrected chi connectivity index (χ3v) is 8.56. The van der Waals surface area contributed by atoms with Gasteiger partial charge in [0.05, 0.1) is 10.3 Å².